The zero-order valence-electron chi connectivity index (χ0n) is 16.5. The van der Waals surface area contributed by atoms with Crippen molar-refractivity contribution in [1.29, 1.82) is 0 Å². The first kappa shape index (κ1) is 20.6. The molecule has 2 aromatic carbocycles. The Labute approximate surface area is 170 Å². The summed E-state index contributed by atoms with van der Waals surface area (Å²) < 4.78 is 2.47. The second kappa shape index (κ2) is 9.39. The summed E-state index contributed by atoms with van der Waals surface area (Å²) in [6.07, 6.45) is 6.03. The number of carbonyl (C=O) groups is 2. The molecule has 3 aromatic rings. The van der Waals surface area contributed by atoms with E-state index in [0.717, 1.165) is 13.0 Å². The number of carboxylic acids is 2. The van der Waals surface area contributed by atoms with Crippen molar-refractivity contribution in [2.75, 3.05) is 13.6 Å². The van der Waals surface area contributed by atoms with Crippen LogP contribution in [-0.2, 0) is 22.6 Å². The summed E-state index contributed by atoms with van der Waals surface area (Å²) in [4.78, 5) is 20.7. The molecule has 0 amide bonds. The third-order valence-electron chi connectivity index (χ3n) is 5.37. The maximum Gasteiger partial charge on any atom is 0.414 e. The summed E-state index contributed by atoms with van der Waals surface area (Å²) in [6.45, 7) is 2.34. The summed E-state index contributed by atoms with van der Waals surface area (Å²) >= 11 is 0. The topological polar surface area (TPSA) is 82.8 Å². The van der Waals surface area contributed by atoms with Crippen LogP contribution in [0, 0.1) is 0 Å². The summed E-state index contributed by atoms with van der Waals surface area (Å²) in [5.74, 6) is -3.65. The van der Waals surface area contributed by atoms with E-state index in [9.17, 15) is 0 Å². The SMILES string of the molecule is CN1CCC[C@@H]1Cn1cc(Cc2ccccc2)c2ccccc21.O=C(O)C(=O)O. The van der Waals surface area contributed by atoms with E-state index >= 15 is 0 Å². The molecule has 0 saturated carbocycles. The van der Waals surface area contributed by atoms with E-state index in [1.807, 2.05) is 0 Å². The van der Waals surface area contributed by atoms with E-state index in [-0.39, 0.29) is 0 Å². The molecule has 1 aromatic heterocycles. The zero-order chi connectivity index (χ0) is 20.8. The molecule has 6 nitrogen and oxygen atoms in total. The van der Waals surface area contributed by atoms with Crippen LogP contribution >= 0.6 is 0 Å². The van der Waals surface area contributed by atoms with Crippen molar-refractivity contribution in [3.8, 4) is 0 Å². The molecule has 0 radical (unpaired) electrons. The minimum Gasteiger partial charge on any atom is -0.473 e. The van der Waals surface area contributed by atoms with Gasteiger partial charge in [0.1, 0.15) is 0 Å². The number of benzene rings is 2. The smallest absolute Gasteiger partial charge is 0.414 e. The number of likely N-dealkylation sites (tertiary alicyclic amines) is 1. The average molecular weight is 394 g/mol. The Morgan fingerprint density at radius 3 is 2.28 bits per heavy atom. The number of rotatable bonds is 4. The lowest BCUT2D eigenvalue weighted by Gasteiger charge is -2.20. The van der Waals surface area contributed by atoms with Crippen molar-refractivity contribution in [3.63, 3.8) is 0 Å². The summed E-state index contributed by atoms with van der Waals surface area (Å²) in [5.41, 5.74) is 4.19. The lowest BCUT2D eigenvalue weighted by Crippen LogP contribution is -2.29. The highest BCUT2D eigenvalue weighted by Crippen LogP contribution is 2.26. The Morgan fingerprint density at radius 2 is 1.66 bits per heavy atom. The highest BCUT2D eigenvalue weighted by Gasteiger charge is 2.22. The number of aromatic nitrogens is 1. The van der Waals surface area contributed by atoms with E-state index in [1.165, 1.54) is 41.4 Å². The quantitative estimate of drug-likeness (QED) is 0.662. The van der Waals surface area contributed by atoms with Gasteiger partial charge in [-0.3, -0.25) is 0 Å². The molecule has 0 unspecified atom stereocenters. The highest BCUT2D eigenvalue weighted by molar-refractivity contribution is 6.27. The van der Waals surface area contributed by atoms with Gasteiger partial charge in [-0.05, 0) is 50.0 Å². The number of hydrogen-bond acceptors (Lipinski definition) is 3. The third kappa shape index (κ3) is 5.23. The lowest BCUT2D eigenvalue weighted by molar-refractivity contribution is -0.159. The van der Waals surface area contributed by atoms with Crippen molar-refractivity contribution in [1.82, 2.24) is 9.47 Å². The van der Waals surface area contributed by atoms with Crippen molar-refractivity contribution < 1.29 is 19.8 Å². The molecule has 1 atom stereocenters. The molecular formula is C23H26N2O4. The number of hydrogen-bond donors (Lipinski definition) is 2. The first-order valence-corrected chi connectivity index (χ1v) is 9.73. The molecule has 2 heterocycles. The Hall–Kier alpha value is -3.12. The predicted molar refractivity (Wildman–Crippen MR) is 112 cm³/mol. The summed E-state index contributed by atoms with van der Waals surface area (Å²) in [5, 5.41) is 16.2. The maximum atomic E-state index is 9.10. The standard InChI is InChI=1S/C21H24N2.C2H2O4/c1-22-13-7-10-19(22)16-23-15-18(14-17-8-3-2-4-9-17)20-11-5-6-12-21(20)23;3-1(4)2(5)6/h2-6,8-9,11-12,15,19H,7,10,13-14,16H2,1H3;(H,3,4)(H,5,6)/t19-;/m1./s1. The van der Waals surface area contributed by atoms with Gasteiger partial charge in [-0.25, -0.2) is 9.59 Å². The van der Waals surface area contributed by atoms with Crippen LogP contribution in [0.1, 0.15) is 24.0 Å². The second-order valence-electron chi connectivity index (χ2n) is 7.37. The average Bonchev–Trinajstić information content (AvgIpc) is 3.27. The van der Waals surface area contributed by atoms with E-state index in [1.54, 1.807) is 0 Å². The number of carboxylic acid groups (broad SMARTS) is 2. The molecule has 1 fully saturated rings. The lowest BCUT2D eigenvalue weighted by atomic mass is 10.0. The first-order valence-electron chi connectivity index (χ1n) is 9.73. The molecule has 0 bridgehead atoms. The van der Waals surface area contributed by atoms with Crippen molar-refractivity contribution in [2.45, 2.75) is 31.8 Å². The van der Waals surface area contributed by atoms with Crippen LogP contribution in [0.4, 0.5) is 0 Å². The van der Waals surface area contributed by atoms with Gasteiger partial charge in [0.2, 0.25) is 0 Å². The summed E-state index contributed by atoms with van der Waals surface area (Å²) in [7, 11) is 2.26. The van der Waals surface area contributed by atoms with Crippen LogP contribution in [0.3, 0.4) is 0 Å². The van der Waals surface area contributed by atoms with Crippen LogP contribution in [0.2, 0.25) is 0 Å². The number of likely N-dealkylation sites (N-methyl/N-ethyl adjacent to an activating group) is 1. The minimum atomic E-state index is -1.82. The van der Waals surface area contributed by atoms with E-state index in [0.29, 0.717) is 6.04 Å². The van der Waals surface area contributed by atoms with Gasteiger partial charge < -0.3 is 19.7 Å². The molecule has 4 rings (SSSR count). The van der Waals surface area contributed by atoms with Gasteiger partial charge in [0.25, 0.3) is 0 Å². The van der Waals surface area contributed by atoms with Crippen LogP contribution in [0.15, 0.2) is 60.8 Å². The normalized spacial score (nSPS) is 16.4. The molecule has 1 aliphatic rings. The second-order valence-corrected chi connectivity index (χ2v) is 7.37. The molecular weight excluding hydrogens is 368 g/mol. The number of fused-ring (bicyclic) bond motifs is 1. The maximum absolute atomic E-state index is 9.10. The van der Waals surface area contributed by atoms with Gasteiger partial charge in [0.05, 0.1) is 0 Å². The van der Waals surface area contributed by atoms with Crippen LogP contribution in [0.5, 0.6) is 0 Å². The van der Waals surface area contributed by atoms with Crippen molar-refractivity contribution in [2.24, 2.45) is 0 Å². The van der Waals surface area contributed by atoms with Gasteiger partial charge in [-0.15, -0.1) is 0 Å². The minimum absolute atomic E-state index is 0.676. The fraction of sp³-hybridized carbons (Fsp3) is 0.304. The van der Waals surface area contributed by atoms with Gasteiger partial charge in [0, 0.05) is 29.7 Å². The van der Waals surface area contributed by atoms with Crippen molar-refractivity contribution in [3.05, 3.63) is 71.9 Å². The van der Waals surface area contributed by atoms with E-state index in [2.05, 4.69) is 77.3 Å². The molecule has 6 heteroatoms. The fourth-order valence-corrected chi connectivity index (χ4v) is 3.87. The number of aliphatic carboxylic acids is 2. The largest absolute Gasteiger partial charge is 0.473 e. The van der Waals surface area contributed by atoms with E-state index < -0.39 is 11.9 Å². The Bertz CT molecular complexity index is 969. The fourth-order valence-electron chi connectivity index (χ4n) is 3.87. The van der Waals surface area contributed by atoms with Gasteiger partial charge in [-0.1, -0.05) is 48.5 Å². The van der Waals surface area contributed by atoms with Gasteiger partial charge in [0.15, 0.2) is 0 Å². The van der Waals surface area contributed by atoms with Gasteiger partial charge in [-0.2, -0.15) is 0 Å². The highest BCUT2D eigenvalue weighted by atomic mass is 16.4. The molecule has 152 valence electrons. The molecule has 1 aliphatic heterocycles. The Balaban J connectivity index is 0.000000353. The molecule has 0 aliphatic carbocycles. The van der Waals surface area contributed by atoms with Crippen LogP contribution < -0.4 is 0 Å². The molecule has 2 N–H and O–H groups in total. The molecule has 1 saturated heterocycles. The van der Waals surface area contributed by atoms with Crippen LogP contribution in [-0.4, -0.2) is 51.3 Å². The van der Waals surface area contributed by atoms with E-state index in [4.69, 9.17) is 19.8 Å². The van der Waals surface area contributed by atoms with Gasteiger partial charge >= 0.3 is 11.9 Å². The third-order valence-corrected chi connectivity index (χ3v) is 5.37. The zero-order valence-corrected chi connectivity index (χ0v) is 16.5. The van der Waals surface area contributed by atoms with Crippen LogP contribution in [0.25, 0.3) is 10.9 Å². The molecule has 0 spiro atoms. The Kier molecular flexibility index (Phi) is 6.67. The molecule has 29 heavy (non-hydrogen) atoms. The monoisotopic (exact) mass is 394 g/mol. The van der Waals surface area contributed by atoms with Crippen molar-refractivity contribution >= 4 is 22.8 Å². The first-order chi connectivity index (χ1) is 14.0. The number of para-hydroxylation sites is 1. The predicted octanol–water partition coefficient (Wildman–Crippen LogP) is 3.48. The number of nitrogens with zero attached hydrogens (tertiary/aromatic N) is 2. The summed E-state index contributed by atoms with van der Waals surface area (Å²) in [6, 6.07) is 20.3. The Morgan fingerprint density at radius 1 is 1.00 bits per heavy atom.